The van der Waals surface area contributed by atoms with Crippen LogP contribution in [0.3, 0.4) is 0 Å². The van der Waals surface area contributed by atoms with Gasteiger partial charge in [-0.25, -0.2) is 9.18 Å². The maximum absolute atomic E-state index is 13.4. The van der Waals surface area contributed by atoms with Crippen LogP contribution in [0.2, 0.25) is 0 Å². The average molecular weight is 454 g/mol. The molecule has 0 saturated carbocycles. The Morgan fingerprint density at radius 1 is 1.15 bits per heavy atom. The molecule has 0 fully saturated rings. The molecule has 7 nitrogen and oxygen atoms in total. The van der Waals surface area contributed by atoms with Gasteiger partial charge < -0.3 is 19.9 Å². The summed E-state index contributed by atoms with van der Waals surface area (Å²) < 4.78 is 18.7. The molecule has 2 aromatic carbocycles. The first-order chi connectivity index (χ1) is 15.9. The molecule has 0 aliphatic rings. The average Bonchev–Trinajstić information content (AvgIpc) is 3.28. The molecule has 2 amide bonds. The Balaban J connectivity index is 1.47. The largest absolute Gasteiger partial charge is 0.497 e. The quantitative estimate of drug-likeness (QED) is 0.485. The van der Waals surface area contributed by atoms with E-state index in [-0.39, 0.29) is 17.9 Å². The van der Waals surface area contributed by atoms with Crippen LogP contribution in [-0.2, 0) is 6.42 Å². The van der Waals surface area contributed by atoms with E-state index in [9.17, 15) is 9.18 Å². The molecule has 1 heterocycles. The van der Waals surface area contributed by atoms with Gasteiger partial charge in [0.25, 0.3) is 0 Å². The van der Waals surface area contributed by atoms with Gasteiger partial charge in [-0.1, -0.05) is 24.3 Å². The Morgan fingerprint density at radius 2 is 1.94 bits per heavy atom. The summed E-state index contributed by atoms with van der Waals surface area (Å²) >= 11 is 0. The summed E-state index contributed by atoms with van der Waals surface area (Å²) in [4.78, 5) is 16.4. The van der Waals surface area contributed by atoms with Crippen molar-refractivity contribution in [1.29, 1.82) is 0 Å². The lowest BCUT2D eigenvalue weighted by Gasteiger charge is -2.27. The highest BCUT2D eigenvalue weighted by atomic mass is 19.1. The second-order valence-electron chi connectivity index (χ2n) is 8.26. The summed E-state index contributed by atoms with van der Waals surface area (Å²) in [5, 5.41) is 10.3. The number of benzene rings is 2. The van der Waals surface area contributed by atoms with Crippen molar-refractivity contribution in [2.75, 3.05) is 41.3 Å². The third-order valence-corrected chi connectivity index (χ3v) is 5.59. The number of H-pyrrole nitrogens is 1. The van der Waals surface area contributed by atoms with Crippen molar-refractivity contribution in [2.45, 2.75) is 18.9 Å². The molecule has 1 aromatic heterocycles. The molecular formula is C25H32FN5O2. The Labute approximate surface area is 194 Å². The van der Waals surface area contributed by atoms with E-state index in [0.29, 0.717) is 18.8 Å². The van der Waals surface area contributed by atoms with Crippen LogP contribution >= 0.6 is 0 Å². The van der Waals surface area contributed by atoms with E-state index >= 15 is 0 Å². The molecule has 0 radical (unpaired) electrons. The number of hydrogen-bond acceptors (Lipinski definition) is 4. The van der Waals surface area contributed by atoms with Crippen molar-refractivity contribution in [3.8, 4) is 17.0 Å². The smallest absolute Gasteiger partial charge is 0.317 e. The number of likely N-dealkylation sites (N-methyl/N-ethyl adjacent to an activating group) is 1. The van der Waals surface area contributed by atoms with Gasteiger partial charge in [0.15, 0.2) is 0 Å². The molecule has 8 heteroatoms. The SMILES string of the molecule is COc1cccc(C(CNC(=O)N(C)CCCc2cc(-c3cccc(F)c3)n[nH]2)N(C)C)c1. The first kappa shape index (κ1) is 24.3. The summed E-state index contributed by atoms with van der Waals surface area (Å²) in [5.41, 5.74) is 3.48. The van der Waals surface area contributed by atoms with Gasteiger partial charge in [-0.15, -0.1) is 0 Å². The molecule has 2 N–H and O–H groups in total. The van der Waals surface area contributed by atoms with E-state index < -0.39 is 0 Å². The topological polar surface area (TPSA) is 73.5 Å². The van der Waals surface area contributed by atoms with Crippen molar-refractivity contribution in [2.24, 2.45) is 0 Å². The number of amides is 2. The molecule has 33 heavy (non-hydrogen) atoms. The van der Waals surface area contributed by atoms with Crippen molar-refractivity contribution in [3.63, 3.8) is 0 Å². The number of methoxy groups -OCH3 is 1. The van der Waals surface area contributed by atoms with Gasteiger partial charge in [0, 0.05) is 31.4 Å². The number of ether oxygens (including phenoxy) is 1. The number of rotatable bonds is 10. The predicted octanol–water partition coefficient (Wildman–Crippen LogP) is 4.10. The van der Waals surface area contributed by atoms with E-state index in [1.54, 1.807) is 25.1 Å². The van der Waals surface area contributed by atoms with E-state index in [4.69, 9.17) is 4.74 Å². The Bertz CT molecular complexity index is 1050. The molecular weight excluding hydrogens is 421 g/mol. The summed E-state index contributed by atoms with van der Waals surface area (Å²) in [6.45, 7) is 1.09. The van der Waals surface area contributed by atoms with Crippen molar-refractivity contribution in [1.82, 2.24) is 25.3 Å². The summed E-state index contributed by atoms with van der Waals surface area (Å²) in [6.07, 6.45) is 1.52. The van der Waals surface area contributed by atoms with Gasteiger partial charge in [0.1, 0.15) is 11.6 Å². The number of urea groups is 1. The minimum atomic E-state index is -0.285. The number of carbonyl (C=O) groups excluding carboxylic acids is 1. The van der Waals surface area contributed by atoms with Crippen LogP contribution in [0.25, 0.3) is 11.3 Å². The van der Waals surface area contributed by atoms with Gasteiger partial charge in [0.2, 0.25) is 0 Å². The second-order valence-corrected chi connectivity index (χ2v) is 8.26. The van der Waals surface area contributed by atoms with Crippen molar-refractivity contribution >= 4 is 6.03 Å². The fourth-order valence-electron chi connectivity index (χ4n) is 3.66. The molecule has 1 unspecified atom stereocenters. The lowest BCUT2D eigenvalue weighted by atomic mass is 10.1. The second kappa shape index (κ2) is 11.5. The lowest BCUT2D eigenvalue weighted by molar-refractivity contribution is 0.202. The van der Waals surface area contributed by atoms with Gasteiger partial charge in [0.05, 0.1) is 18.8 Å². The molecule has 0 aliphatic heterocycles. The number of nitrogens with one attached hydrogen (secondary N) is 2. The lowest BCUT2D eigenvalue weighted by Crippen LogP contribution is -2.41. The van der Waals surface area contributed by atoms with Crippen molar-refractivity contribution in [3.05, 3.63) is 71.7 Å². The van der Waals surface area contributed by atoms with Gasteiger partial charge in [-0.2, -0.15) is 5.10 Å². The number of hydrogen-bond donors (Lipinski definition) is 2. The Hall–Kier alpha value is -3.39. The molecule has 0 saturated heterocycles. The first-order valence-electron chi connectivity index (χ1n) is 11.0. The zero-order valence-corrected chi connectivity index (χ0v) is 19.6. The molecule has 0 spiro atoms. The molecule has 0 bridgehead atoms. The first-order valence-corrected chi connectivity index (χ1v) is 11.0. The maximum Gasteiger partial charge on any atom is 0.317 e. The van der Waals surface area contributed by atoms with Crippen LogP contribution in [0.4, 0.5) is 9.18 Å². The molecule has 0 aliphatic carbocycles. The highest BCUT2D eigenvalue weighted by molar-refractivity contribution is 5.73. The highest BCUT2D eigenvalue weighted by Gasteiger charge is 2.17. The zero-order valence-electron chi connectivity index (χ0n) is 19.6. The summed E-state index contributed by atoms with van der Waals surface area (Å²) in [6, 6.07) is 16.1. The number of aromatic nitrogens is 2. The minimum absolute atomic E-state index is 0.0312. The number of carbonyl (C=O) groups is 1. The third kappa shape index (κ3) is 6.79. The van der Waals surface area contributed by atoms with Gasteiger partial charge in [-0.3, -0.25) is 5.10 Å². The molecule has 3 rings (SSSR count). The van der Waals surface area contributed by atoms with Gasteiger partial charge in [-0.05, 0) is 62.8 Å². The zero-order chi connectivity index (χ0) is 23.8. The summed E-state index contributed by atoms with van der Waals surface area (Å²) in [7, 11) is 7.41. The number of nitrogens with zero attached hydrogens (tertiary/aromatic N) is 3. The number of halogens is 1. The van der Waals surface area contributed by atoms with Crippen LogP contribution in [0.1, 0.15) is 23.7 Å². The van der Waals surface area contributed by atoms with Crippen LogP contribution in [-0.4, -0.2) is 67.4 Å². The molecule has 176 valence electrons. The fourth-order valence-corrected chi connectivity index (χ4v) is 3.66. The summed E-state index contributed by atoms with van der Waals surface area (Å²) in [5.74, 6) is 0.509. The molecule has 3 aromatic rings. The maximum atomic E-state index is 13.4. The van der Waals surface area contributed by atoms with E-state index in [0.717, 1.165) is 35.4 Å². The highest BCUT2D eigenvalue weighted by Crippen LogP contribution is 2.22. The third-order valence-electron chi connectivity index (χ3n) is 5.59. The van der Waals surface area contributed by atoms with E-state index in [1.165, 1.54) is 12.1 Å². The monoisotopic (exact) mass is 453 g/mol. The fraction of sp³-hybridized carbons (Fsp3) is 0.360. The standard InChI is InChI=1S/C25H32FN5O2/c1-30(2)24(19-9-6-12-22(15-19)33-4)17-27-25(32)31(3)13-7-11-21-16-23(29-28-21)18-8-5-10-20(26)14-18/h5-6,8-10,12,14-16,24H,7,11,13,17H2,1-4H3,(H,27,32)(H,28,29). The van der Waals surface area contributed by atoms with Gasteiger partial charge >= 0.3 is 6.03 Å². The van der Waals surface area contributed by atoms with E-state index in [2.05, 4.69) is 20.4 Å². The number of aryl methyl sites for hydroxylation is 1. The predicted molar refractivity (Wildman–Crippen MR) is 128 cm³/mol. The normalized spacial score (nSPS) is 11.9. The van der Waals surface area contributed by atoms with Crippen LogP contribution in [0.5, 0.6) is 5.75 Å². The van der Waals surface area contributed by atoms with Crippen LogP contribution in [0, 0.1) is 5.82 Å². The Kier molecular flexibility index (Phi) is 8.43. The number of aromatic amines is 1. The molecule has 1 atom stereocenters. The van der Waals surface area contributed by atoms with Crippen LogP contribution < -0.4 is 10.1 Å². The van der Waals surface area contributed by atoms with Crippen LogP contribution in [0.15, 0.2) is 54.6 Å². The van der Waals surface area contributed by atoms with E-state index in [1.807, 2.05) is 50.5 Å². The minimum Gasteiger partial charge on any atom is -0.497 e. The van der Waals surface area contributed by atoms with Crippen molar-refractivity contribution < 1.29 is 13.9 Å². The Morgan fingerprint density at radius 3 is 2.67 bits per heavy atom.